The largest absolute Gasteiger partial charge is 0.507 e. The average Bonchev–Trinajstić information content (AvgIpc) is 2.72. The van der Waals surface area contributed by atoms with Crippen molar-refractivity contribution in [1.29, 1.82) is 0 Å². The Balaban J connectivity index is 1.66. The van der Waals surface area contributed by atoms with Gasteiger partial charge < -0.3 is 14.7 Å². The first-order chi connectivity index (χ1) is 13.7. The number of hydrogen-bond donors (Lipinski definition) is 1. The zero-order chi connectivity index (χ0) is 19.1. The lowest BCUT2D eigenvalue weighted by atomic mass is 10.0. The van der Waals surface area contributed by atoms with Gasteiger partial charge in [-0.2, -0.15) is 4.98 Å². The Morgan fingerprint density at radius 1 is 1.00 bits per heavy atom. The molecule has 5 nitrogen and oxygen atoms in total. The molecule has 1 fully saturated rings. The van der Waals surface area contributed by atoms with E-state index in [0.29, 0.717) is 28.7 Å². The van der Waals surface area contributed by atoms with Crippen molar-refractivity contribution in [3.8, 4) is 28.8 Å². The number of benzene rings is 2. The third-order valence-corrected chi connectivity index (χ3v) is 5.58. The van der Waals surface area contributed by atoms with Crippen molar-refractivity contribution in [3.05, 3.63) is 58.6 Å². The maximum Gasteiger partial charge on any atom is 0.228 e. The van der Waals surface area contributed by atoms with E-state index in [4.69, 9.17) is 21.3 Å². The zero-order valence-corrected chi connectivity index (χ0v) is 16.1. The maximum absolute atomic E-state index is 10.3. The van der Waals surface area contributed by atoms with E-state index in [-0.39, 0.29) is 5.75 Å². The predicted molar refractivity (Wildman–Crippen MR) is 110 cm³/mol. The van der Waals surface area contributed by atoms with Gasteiger partial charge in [-0.25, -0.2) is 4.98 Å². The van der Waals surface area contributed by atoms with E-state index >= 15 is 0 Å². The van der Waals surface area contributed by atoms with Crippen LogP contribution >= 0.6 is 11.6 Å². The normalized spacial score (nSPS) is 15.5. The molecule has 1 aromatic heterocycles. The smallest absolute Gasteiger partial charge is 0.228 e. The quantitative estimate of drug-likeness (QED) is 0.508. The van der Waals surface area contributed by atoms with E-state index in [1.165, 1.54) is 6.42 Å². The third-order valence-electron chi connectivity index (χ3n) is 5.34. The van der Waals surface area contributed by atoms with Crippen molar-refractivity contribution in [2.75, 3.05) is 18.0 Å². The van der Waals surface area contributed by atoms with Gasteiger partial charge in [-0.1, -0.05) is 23.7 Å². The van der Waals surface area contributed by atoms with Crippen LogP contribution in [-0.4, -0.2) is 28.2 Å². The van der Waals surface area contributed by atoms with E-state index < -0.39 is 0 Å². The van der Waals surface area contributed by atoms with Crippen LogP contribution in [0.15, 0.2) is 42.5 Å². The fourth-order valence-corrected chi connectivity index (χ4v) is 4.12. The molecule has 6 heteroatoms. The van der Waals surface area contributed by atoms with Crippen LogP contribution in [0.5, 0.6) is 17.4 Å². The second-order valence-electron chi connectivity index (χ2n) is 7.25. The van der Waals surface area contributed by atoms with E-state index in [9.17, 15) is 5.11 Å². The molecule has 0 atom stereocenters. The summed E-state index contributed by atoms with van der Waals surface area (Å²) >= 11 is 6.19. The highest BCUT2D eigenvalue weighted by Crippen LogP contribution is 2.42. The number of nitrogens with zero attached hydrogens (tertiary/aromatic N) is 3. The van der Waals surface area contributed by atoms with Crippen molar-refractivity contribution < 1.29 is 9.84 Å². The van der Waals surface area contributed by atoms with Crippen molar-refractivity contribution in [1.82, 2.24) is 9.97 Å². The summed E-state index contributed by atoms with van der Waals surface area (Å²) in [7, 11) is 0. The SMILES string of the molecule is Oc1ccccc1-c1nc2c(c(N3CCCCC3)n1)Cc1cc(Cl)ccc1O2. The minimum Gasteiger partial charge on any atom is -0.507 e. The van der Waals surface area contributed by atoms with E-state index in [0.717, 1.165) is 48.6 Å². The van der Waals surface area contributed by atoms with Crippen LogP contribution in [0.25, 0.3) is 11.4 Å². The number of para-hydroxylation sites is 1. The number of aromatic hydroxyl groups is 1. The van der Waals surface area contributed by atoms with Crippen LogP contribution < -0.4 is 9.64 Å². The van der Waals surface area contributed by atoms with Crippen LogP contribution in [0.1, 0.15) is 30.4 Å². The fourth-order valence-electron chi connectivity index (χ4n) is 3.92. The molecular weight excluding hydrogens is 374 g/mol. The van der Waals surface area contributed by atoms with Crippen LogP contribution in [-0.2, 0) is 6.42 Å². The Hall–Kier alpha value is -2.79. The lowest BCUT2D eigenvalue weighted by Gasteiger charge is -2.31. The number of hydrogen-bond acceptors (Lipinski definition) is 5. The number of halogens is 1. The zero-order valence-electron chi connectivity index (χ0n) is 15.4. The molecule has 0 unspecified atom stereocenters. The first-order valence-corrected chi connectivity index (χ1v) is 9.97. The molecule has 2 aromatic carbocycles. The standard InChI is InChI=1S/C22H20ClN3O2/c23-15-8-9-19-14(12-15)13-17-21(26-10-4-1-5-11-26)24-20(25-22(17)28-19)16-6-2-3-7-18(16)27/h2-3,6-9,12,27H,1,4-5,10-11,13H2. The number of piperidine rings is 1. The monoisotopic (exact) mass is 393 g/mol. The summed E-state index contributed by atoms with van der Waals surface area (Å²) in [6, 6.07) is 12.8. The van der Waals surface area contributed by atoms with Gasteiger partial charge in [0.05, 0.1) is 11.1 Å². The minimum absolute atomic E-state index is 0.162. The lowest BCUT2D eigenvalue weighted by Crippen LogP contribution is -2.32. The van der Waals surface area contributed by atoms with Gasteiger partial charge in [0.2, 0.25) is 5.88 Å². The van der Waals surface area contributed by atoms with Crippen molar-refractivity contribution in [3.63, 3.8) is 0 Å². The fraction of sp³-hybridized carbons (Fsp3) is 0.273. The van der Waals surface area contributed by atoms with Crippen molar-refractivity contribution >= 4 is 17.4 Å². The van der Waals surface area contributed by atoms with Crippen LogP contribution in [0.3, 0.4) is 0 Å². The average molecular weight is 394 g/mol. The molecule has 142 valence electrons. The van der Waals surface area contributed by atoms with E-state index in [1.54, 1.807) is 12.1 Å². The van der Waals surface area contributed by atoms with Gasteiger partial charge in [-0.05, 0) is 49.6 Å². The second kappa shape index (κ2) is 6.99. The molecule has 1 N–H and O–H groups in total. The maximum atomic E-state index is 10.3. The number of aromatic nitrogens is 2. The molecule has 2 aliphatic rings. The number of ether oxygens (including phenoxy) is 1. The first-order valence-electron chi connectivity index (χ1n) is 9.59. The highest BCUT2D eigenvalue weighted by Gasteiger charge is 2.27. The Bertz CT molecular complexity index is 1050. The van der Waals surface area contributed by atoms with Crippen LogP contribution in [0.4, 0.5) is 5.82 Å². The Kier molecular flexibility index (Phi) is 4.32. The lowest BCUT2D eigenvalue weighted by molar-refractivity contribution is 0.438. The second-order valence-corrected chi connectivity index (χ2v) is 7.69. The van der Waals surface area contributed by atoms with E-state index in [1.807, 2.05) is 30.3 Å². The molecule has 0 amide bonds. The Morgan fingerprint density at radius 2 is 1.82 bits per heavy atom. The number of fused-ring (bicyclic) bond motifs is 2. The van der Waals surface area contributed by atoms with Gasteiger partial charge in [0.25, 0.3) is 0 Å². The van der Waals surface area contributed by atoms with Crippen LogP contribution in [0.2, 0.25) is 5.02 Å². The molecule has 3 heterocycles. The van der Waals surface area contributed by atoms with Gasteiger partial charge in [0.15, 0.2) is 5.82 Å². The molecular formula is C22H20ClN3O2. The third kappa shape index (κ3) is 3.06. The summed E-state index contributed by atoms with van der Waals surface area (Å²) in [5.41, 5.74) is 2.63. The highest BCUT2D eigenvalue weighted by atomic mass is 35.5. The molecule has 2 aliphatic heterocycles. The first kappa shape index (κ1) is 17.3. The molecule has 1 saturated heterocycles. The number of phenolic OH excluding ortho intramolecular Hbond substituents is 1. The summed E-state index contributed by atoms with van der Waals surface area (Å²) in [5, 5.41) is 11.0. The Morgan fingerprint density at radius 3 is 2.64 bits per heavy atom. The van der Waals surface area contributed by atoms with Gasteiger partial charge in [0, 0.05) is 30.1 Å². The predicted octanol–water partition coefficient (Wildman–Crippen LogP) is 5.19. The van der Waals surface area contributed by atoms with Crippen molar-refractivity contribution in [2.24, 2.45) is 0 Å². The number of rotatable bonds is 2. The molecule has 0 radical (unpaired) electrons. The summed E-state index contributed by atoms with van der Waals surface area (Å²) in [4.78, 5) is 11.9. The molecule has 0 spiro atoms. The number of anilines is 1. The van der Waals surface area contributed by atoms with Crippen molar-refractivity contribution in [2.45, 2.75) is 25.7 Å². The molecule has 28 heavy (non-hydrogen) atoms. The summed E-state index contributed by atoms with van der Waals surface area (Å²) < 4.78 is 6.15. The van der Waals surface area contributed by atoms with Gasteiger partial charge >= 0.3 is 0 Å². The van der Waals surface area contributed by atoms with Gasteiger partial charge in [-0.15, -0.1) is 0 Å². The summed E-state index contributed by atoms with van der Waals surface area (Å²) in [6.07, 6.45) is 4.21. The summed E-state index contributed by atoms with van der Waals surface area (Å²) in [6.45, 7) is 1.93. The van der Waals surface area contributed by atoms with Gasteiger partial charge in [0.1, 0.15) is 17.3 Å². The molecule has 0 aliphatic carbocycles. The highest BCUT2D eigenvalue weighted by molar-refractivity contribution is 6.30. The number of phenols is 1. The van der Waals surface area contributed by atoms with E-state index in [2.05, 4.69) is 9.88 Å². The summed E-state index contributed by atoms with van der Waals surface area (Å²) in [5.74, 6) is 2.87. The molecule has 5 rings (SSSR count). The molecule has 0 bridgehead atoms. The van der Waals surface area contributed by atoms with Crippen LogP contribution in [0, 0.1) is 0 Å². The topological polar surface area (TPSA) is 58.5 Å². The Labute approximate surface area is 168 Å². The minimum atomic E-state index is 0.162. The van der Waals surface area contributed by atoms with Gasteiger partial charge in [-0.3, -0.25) is 0 Å². The molecule has 3 aromatic rings. The molecule has 0 saturated carbocycles.